The Balaban J connectivity index is 0.662. The highest BCUT2D eigenvalue weighted by molar-refractivity contribution is 6.34. The van der Waals surface area contributed by atoms with Gasteiger partial charge in [-0.15, -0.1) is 30.6 Å². The summed E-state index contributed by atoms with van der Waals surface area (Å²) in [5, 5.41) is 53.5. The molecule has 1 atom stereocenters. The van der Waals surface area contributed by atoms with Crippen LogP contribution in [0.2, 0.25) is 15.1 Å². The molecule has 1 saturated heterocycles. The van der Waals surface area contributed by atoms with Crippen LogP contribution < -0.4 is 20.0 Å². The number of H-pyrrole nitrogens is 2. The first kappa shape index (κ1) is 62.3. The van der Waals surface area contributed by atoms with E-state index in [0.29, 0.717) is 107 Å². The highest BCUT2D eigenvalue weighted by Gasteiger charge is 2.27. The highest BCUT2D eigenvalue weighted by Crippen LogP contribution is 2.37. The van der Waals surface area contributed by atoms with Gasteiger partial charge in [-0.05, 0) is 160 Å². The number of halogens is 3. The molecule has 0 saturated carbocycles. The fourth-order valence-electron chi connectivity index (χ4n) is 12.3. The van der Waals surface area contributed by atoms with E-state index in [9.17, 15) is 19.2 Å². The molecule has 0 spiro atoms. The predicted octanol–water partition coefficient (Wildman–Crippen LogP) is 11.8. The Labute approximate surface area is 572 Å². The minimum Gasteiger partial charge on any atom is -0.355 e. The number of tetrazole rings is 1. The normalized spacial score (nSPS) is 13.0. The molecule has 3 N–H and O–H groups in total. The van der Waals surface area contributed by atoms with Gasteiger partial charge in [0, 0.05) is 78.8 Å². The molecule has 4 amide bonds. The molecule has 484 valence electrons. The van der Waals surface area contributed by atoms with E-state index in [1.165, 1.54) is 0 Å². The topological polar surface area (TPSA) is 278 Å². The zero-order valence-electron chi connectivity index (χ0n) is 52.1. The van der Waals surface area contributed by atoms with Gasteiger partial charge in [0.1, 0.15) is 42.0 Å². The SMILES string of the molecule is Cc1nnc(-c2ccc(N(Cc3cccc(Cl)c3)C(=O)Cn3nnc4c(-c5ccc(CN(C(=O)Cn6nnc7cc(-c8ccc(CN(C(=O)Cn9nnc%10ccccc%109)c9ccc(C%10CNC(=O)C%10)cc9)cc8Cl)ccc76)c6ccc(-c7nnn[nH]7)cc6)cc5Cl)cccc43)cc2)[nH]1. The lowest BCUT2D eigenvalue weighted by Crippen LogP contribution is -2.33. The lowest BCUT2D eigenvalue weighted by Gasteiger charge is -2.24. The van der Waals surface area contributed by atoms with Gasteiger partial charge in [-0.2, -0.15) is 0 Å². The standard InChI is InChI=1S/C71H55Cl3N20O4/c1-42-76-70(81-77-42)47-16-23-53(24-17-47)89(36-43-6-4-7-51(72)30-43)68(98)41-94-64-11-5-8-57(69(64)80-88-94)56-28-13-45(32-59(56)74)38-91(54-25-18-48(19-26-54)71-82-84-85-83-71)67(97)40-93-63-29-20-49(33-61(63)79-87-93)55-27-12-44(31-58(55)73)37-90(52-21-14-46(15-22-52)50-34-65(95)75-35-50)66(96)39-92-62-10-3-2-9-60(62)78-86-92/h2-33,50H,34-41H2,1H3,(H,75,95)(H,76,77,81)(H,82,83,84,85). The predicted molar refractivity (Wildman–Crippen MR) is 371 cm³/mol. The third kappa shape index (κ3) is 12.9. The van der Waals surface area contributed by atoms with E-state index in [1.807, 2.05) is 195 Å². The van der Waals surface area contributed by atoms with Crippen molar-refractivity contribution in [1.29, 1.82) is 0 Å². The summed E-state index contributed by atoms with van der Waals surface area (Å²) in [7, 11) is 0. The summed E-state index contributed by atoms with van der Waals surface area (Å²) in [6, 6.07) is 60.0. The number of aromatic amines is 2. The molecule has 0 bridgehead atoms. The maximum atomic E-state index is 14.9. The summed E-state index contributed by atoms with van der Waals surface area (Å²) in [6.07, 6.45) is 0.412. The highest BCUT2D eigenvalue weighted by atomic mass is 35.5. The van der Waals surface area contributed by atoms with E-state index >= 15 is 0 Å². The molecule has 24 nitrogen and oxygen atoms in total. The molecule has 5 aromatic heterocycles. The van der Waals surface area contributed by atoms with Crippen LogP contribution in [0.5, 0.6) is 0 Å². The van der Waals surface area contributed by atoms with Crippen molar-refractivity contribution < 1.29 is 19.2 Å². The minimum atomic E-state index is -0.296. The van der Waals surface area contributed by atoms with Crippen molar-refractivity contribution in [2.24, 2.45) is 0 Å². The van der Waals surface area contributed by atoms with Crippen molar-refractivity contribution in [3.05, 3.63) is 237 Å². The number of para-hydroxylation sites is 1. The molecule has 27 heteroatoms. The zero-order chi connectivity index (χ0) is 67.0. The summed E-state index contributed by atoms with van der Waals surface area (Å²) < 4.78 is 4.73. The number of carbonyl (C=O) groups excluding carboxylic acids is 4. The van der Waals surface area contributed by atoms with E-state index in [4.69, 9.17) is 34.8 Å². The van der Waals surface area contributed by atoms with Crippen molar-refractivity contribution in [1.82, 2.24) is 86.1 Å². The number of hydrogen-bond acceptors (Lipinski definition) is 15. The summed E-state index contributed by atoms with van der Waals surface area (Å²) in [5.41, 5.74) is 13.4. The van der Waals surface area contributed by atoms with Gasteiger partial charge >= 0.3 is 0 Å². The number of anilines is 3. The molecule has 0 radical (unpaired) electrons. The lowest BCUT2D eigenvalue weighted by atomic mass is 9.98. The smallest absolute Gasteiger partial charge is 0.249 e. The molecule has 14 aromatic rings. The van der Waals surface area contributed by atoms with E-state index in [0.717, 1.165) is 44.5 Å². The molecule has 9 aromatic carbocycles. The molecule has 1 aliphatic heterocycles. The summed E-state index contributed by atoms with van der Waals surface area (Å²) in [6.45, 7) is 2.58. The average Bonchev–Trinajstić information content (AvgIpc) is 1.53. The summed E-state index contributed by atoms with van der Waals surface area (Å²) >= 11 is 20.8. The second kappa shape index (κ2) is 26.7. The number of nitrogens with one attached hydrogen (secondary N) is 3. The fourth-order valence-corrected chi connectivity index (χ4v) is 13.1. The van der Waals surface area contributed by atoms with Crippen molar-refractivity contribution >= 4 is 109 Å². The van der Waals surface area contributed by atoms with Crippen LogP contribution in [0.25, 0.3) is 78.1 Å². The van der Waals surface area contributed by atoms with Crippen LogP contribution in [-0.4, -0.2) is 111 Å². The first-order valence-electron chi connectivity index (χ1n) is 31.2. The van der Waals surface area contributed by atoms with E-state index in [1.54, 1.807) is 34.8 Å². The molecule has 6 heterocycles. The third-order valence-corrected chi connectivity index (χ3v) is 18.2. The van der Waals surface area contributed by atoms with Gasteiger partial charge in [0.05, 0.1) is 36.2 Å². The van der Waals surface area contributed by atoms with Crippen molar-refractivity contribution in [2.45, 2.75) is 58.5 Å². The van der Waals surface area contributed by atoms with E-state index in [2.05, 4.69) is 72.1 Å². The number of amides is 4. The Morgan fingerprint density at radius 3 is 1.63 bits per heavy atom. The lowest BCUT2D eigenvalue weighted by molar-refractivity contribution is -0.120. The molecular formula is C71H55Cl3N20O4. The van der Waals surface area contributed by atoms with Gasteiger partial charge in [-0.1, -0.05) is 129 Å². The van der Waals surface area contributed by atoms with Gasteiger partial charge in [0.25, 0.3) is 0 Å². The molecule has 1 fully saturated rings. The molecule has 1 aliphatic rings. The summed E-state index contributed by atoms with van der Waals surface area (Å²) in [5.74, 6) is 1.09. The van der Waals surface area contributed by atoms with Gasteiger partial charge in [-0.3, -0.25) is 19.2 Å². The fraction of sp³-hybridized carbons (Fsp3) is 0.141. The molecule has 15 rings (SSSR count). The number of benzene rings is 9. The van der Waals surface area contributed by atoms with E-state index < -0.39 is 0 Å². The second-order valence-electron chi connectivity index (χ2n) is 23.7. The quantitative estimate of drug-likeness (QED) is 0.0640. The van der Waals surface area contributed by atoms with Crippen LogP contribution in [0.15, 0.2) is 194 Å². The van der Waals surface area contributed by atoms with E-state index in [-0.39, 0.29) is 68.8 Å². The van der Waals surface area contributed by atoms with Crippen LogP contribution in [0, 0.1) is 6.92 Å². The van der Waals surface area contributed by atoms with Crippen LogP contribution >= 0.6 is 34.8 Å². The Kier molecular flexibility index (Phi) is 17.0. The number of fused-ring (bicyclic) bond motifs is 3. The van der Waals surface area contributed by atoms with Crippen LogP contribution in [0.1, 0.15) is 40.4 Å². The number of hydrogen-bond donors (Lipinski definition) is 3. The average molecular weight is 1360 g/mol. The minimum absolute atomic E-state index is 0.0173. The maximum Gasteiger partial charge on any atom is 0.249 e. The van der Waals surface area contributed by atoms with Gasteiger partial charge < -0.3 is 25.0 Å². The molecule has 98 heavy (non-hydrogen) atoms. The number of carbonyl (C=O) groups is 4. The third-order valence-electron chi connectivity index (χ3n) is 17.3. The Morgan fingerprint density at radius 2 is 1.04 bits per heavy atom. The van der Waals surface area contributed by atoms with Crippen molar-refractivity contribution in [3.8, 4) is 45.0 Å². The van der Waals surface area contributed by atoms with Crippen molar-refractivity contribution in [3.63, 3.8) is 0 Å². The second-order valence-corrected chi connectivity index (χ2v) is 25.0. The Hall–Kier alpha value is -11.9. The van der Waals surface area contributed by atoms with Crippen molar-refractivity contribution in [2.75, 3.05) is 21.2 Å². The number of aryl methyl sites for hydroxylation is 1. The van der Waals surface area contributed by atoms with Crippen LogP contribution in [0.3, 0.4) is 0 Å². The Bertz CT molecular complexity index is 5350. The first-order chi connectivity index (χ1) is 47.8. The number of nitrogens with zero attached hydrogens (tertiary/aromatic N) is 17. The number of aromatic nitrogens is 16. The van der Waals surface area contributed by atoms with Gasteiger partial charge in [0.2, 0.25) is 23.6 Å². The van der Waals surface area contributed by atoms with Gasteiger partial charge in [-0.25, -0.2) is 19.1 Å². The number of rotatable bonds is 20. The maximum absolute atomic E-state index is 14.9. The van der Waals surface area contributed by atoms with Crippen LogP contribution in [-0.2, 0) is 58.4 Å². The van der Waals surface area contributed by atoms with Gasteiger partial charge in [0.15, 0.2) is 11.6 Å². The summed E-state index contributed by atoms with van der Waals surface area (Å²) in [4.78, 5) is 64.0. The Morgan fingerprint density at radius 1 is 0.490 bits per heavy atom. The monoisotopic (exact) mass is 1360 g/mol. The molecule has 1 unspecified atom stereocenters. The first-order valence-corrected chi connectivity index (χ1v) is 32.3. The zero-order valence-corrected chi connectivity index (χ0v) is 54.3. The van der Waals surface area contributed by atoms with Crippen LogP contribution in [0.4, 0.5) is 17.1 Å². The largest absolute Gasteiger partial charge is 0.355 e. The molecule has 0 aliphatic carbocycles. The molecular weight excluding hydrogens is 1300 g/mol.